The van der Waals surface area contributed by atoms with Crippen LogP contribution in [0.1, 0.15) is 12.8 Å². The monoisotopic (exact) mass is 299 g/mol. The minimum absolute atomic E-state index is 0.0124. The summed E-state index contributed by atoms with van der Waals surface area (Å²) in [6.45, 7) is 1.44. The second-order valence-corrected chi connectivity index (χ2v) is 5.22. The number of halogens is 2. The number of guanidine groups is 1. The van der Waals surface area contributed by atoms with Crippen molar-refractivity contribution in [2.45, 2.75) is 12.8 Å². The SMILES string of the molecule is NC(=NCC1(CO)CCOCC1)Nc1cc(F)ccc1F. The highest BCUT2D eigenvalue weighted by Crippen LogP contribution is 2.30. The van der Waals surface area contributed by atoms with E-state index in [1.807, 2.05) is 0 Å². The molecule has 1 aromatic carbocycles. The van der Waals surface area contributed by atoms with Crippen LogP contribution >= 0.6 is 0 Å². The van der Waals surface area contributed by atoms with Gasteiger partial charge in [-0.25, -0.2) is 8.78 Å². The molecule has 7 heteroatoms. The number of rotatable bonds is 4. The molecule has 1 aliphatic rings. The molecule has 1 aliphatic heterocycles. The third kappa shape index (κ3) is 4.12. The zero-order valence-electron chi connectivity index (χ0n) is 11.6. The number of ether oxygens (including phenoxy) is 1. The summed E-state index contributed by atoms with van der Waals surface area (Å²) < 4.78 is 31.8. The Hall–Kier alpha value is -1.73. The minimum atomic E-state index is -0.613. The van der Waals surface area contributed by atoms with Crippen LogP contribution in [0.15, 0.2) is 23.2 Å². The Morgan fingerprint density at radius 1 is 1.38 bits per heavy atom. The molecule has 0 saturated carbocycles. The lowest BCUT2D eigenvalue weighted by Gasteiger charge is -2.34. The molecule has 4 N–H and O–H groups in total. The Labute approximate surface area is 121 Å². The molecule has 0 radical (unpaired) electrons. The summed E-state index contributed by atoms with van der Waals surface area (Å²) in [6.07, 6.45) is 1.38. The summed E-state index contributed by atoms with van der Waals surface area (Å²) >= 11 is 0. The molecule has 0 amide bonds. The number of nitrogens with one attached hydrogen (secondary N) is 1. The van der Waals surface area contributed by atoms with Crippen molar-refractivity contribution < 1.29 is 18.6 Å². The second kappa shape index (κ2) is 6.82. The molecule has 0 aliphatic carbocycles. The number of anilines is 1. The fraction of sp³-hybridized carbons (Fsp3) is 0.500. The molecule has 1 fully saturated rings. The van der Waals surface area contributed by atoms with Gasteiger partial charge < -0.3 is 20.9 Å². The molecule has 0 atom stereocenters. The van der Waals surface area contributed by atoms with Gasteiger partial charge >= 0.3 is 0 Å². The van der Waals surface area contributed by atoms with Gasteiger partial charge in [0.05, 0.1) is 18.8 Å². The first-order valence-electron chi connectivity index (χ1n) is 6.75. The Balaban J connectivity index is 2.02. The number of hydrogen-bond donors (Lipinski definition) is 3. The van der Waals surface area contributed by atoms with E-state index in [9.17, 15) is 13.9 Å². The number of aliphatic hydroxyl groups is 1. The second-order valence-electron chi connectivity index (χ2n) is 5.22. The topological polar surface area (TPSA) is 79.9 Å². The Morgan fingerprint density at radius 3 is 2.76 bits per heavy atom. The lowest BCUT2D eigenvalue weighted by atomic mass is 9.81. The van der Waals surface area contributed by atoms with Gasteiger partial charge in [0.2, 0.25) is 0 Å². The van der Waals surface area contributed by atoms with Crippen molar-refractivity contribution >= 4 is 11.6 Å². The summed E-state index contributed by atoms with van der Waals surface area (Å²) in [4.78, 5) is 4.14. The number of aliphatic hydroxyl groups excluding tert-OH is 1. The van der Waals surface area contributed by atoms with Gasteiger partial charge in [0.1, 0.15) is 11.6 Å². The molecule has 0 bridgehead atoms. The molecule has 2 rings (SSSR count). The van der Waals surface area contributed by atoms with Crippen molar-refractivity contribution in [1.82, 2.24) is 0 Å². The molecule has 116 valence electrons. The summed E-state index contributed by atoms with van der Waals surface area (Å²) in [6, 6.07) is 3.04. The van der Waals surface area contributed by atoms with Gasteiger partial charge in [-0.1, -0.05) is 0 Å². The van der Waals surface area contributed by atoms with Crippen molar-refractivity contribution in [3.63, 3.8) is 0 Å². The summed E-state index contributed by atoms with van der Waals surface area (Å²) in [5.41, 5.74) is 5.27. The fourth-order valence-corrected chi connectivity index (χ4v) is 2.19. The van der Waals surface area contributed by atoms with Crippen LogP contribution < -0.4 is 11.1 Å². The molecule has 5 nitrogen and oxygen atoms in total. The number of hydrogen-bond acceptors (Lipinski definition) is 3. The predicted octanol–water partition coefficient (Wildman–Crippen LogP) is 1.48. The highest BCUT2D eigenvalue weighted by atomic mass is 19.1. The maximum atomic E-state index is 13.5. The molecule has 0 unspecified atom stereocenters. The van der Waals surface area contributed by atoms with Crippen LogP contribution in [-0.4, -0.2) is 37.4 Å². The number of benzene rings is 1. The van der Waals surface area contributed by atoms with Gasteiger partial charge in [-0.05, 0) is 25.0 Å². The molecule has 1 saturated heterocycles. The van der Waals surface area contributed by atoms with Crippen LogP contribution in [-0.2, 0) is 4.74 Å². The van der Waals surface area contributed by atoms with Gasteiger partial charge in [-0.2, -0.15) is 0 Å². The molecule has 1 aromatic rings. The van der Waals surface area contributed by atoms with Gasteiger partial charge in [0.25, 0.3) is 0 Å². The zero-order chi connectivity index (χ0) is 15.3. The van der Waals surface area contributed by atoms with Gasteiger partial charge in [0, 0.05) is 24.7 Å². The van der Waals surface area contributed by atoms with E-state index < -0.39 is 11.6 Å². The van der Waals surface area contributed by atoms with Crippen molar-refractivity contribution in [1.29, 1.82) is 0 Å². The molecular weight excluding hydrogens is 280 g/mol. The molecular formula is C14H19F2N3O2. The van der Waals surface area contributed by atoms with Crippen LogP contribution in [0.4, 0.5) is 14.5 Å². The van der Waals surface area contributed by atoms with Gasteiger partial charge in [-0.15, -0.1) is 0 Å². The first kappa shape index (κ1) is 15.7. The van der Waals surface area contributed by atoms with Gasteiger partial charge in [-0.3, -0.25) is 4.99 Å². The normalized spacial score (nSPS) is 18.5. The summed E-state index contributed by atoms with van der Waals surface area (Å²) in [7, 11) is 0. The van der Waals surface area contributed by atoms with Crippen LogP contribution in [0.25, 0.3) is 0 Å². The smallest absolute Gasteiger partial charge is 0.193 e. The van der Waals surface area contributed by atoms with E-state index in [0.717, 1.165) is 18.2 Å². The average molecular weight is 299 g/mol. The highest BCUT2D eigenvalue weighted by Gasteiger charge is 2.31. The van der Waals surface area contributed by atoms with Crippen molar-refractivity contribution in [2.24, 2.45) is 16.1 Å². The van der Waals surface area contributed by atoms with Crippen LogP contribution in [0.5, 0.6) is 0 Å². The van der Waals surface area contributed by atoms with Crippen molar-refractivity contribution in [2.75, 3.05) is 31.7 Å². The Kier molecular flexibility index (Phi) is 5.08. The molecule has 1 heterocycles. The maximum absolute atomic E-state index is 13.5. The number of aliphatic imine (C=N–C) groups is 1. The van der Waals surface area contributed by atoms with E-state index >= 15 is 0 Å². The largest absolute Gasteiger partial charge is 0.396 e. The van der Waals surface area contributed by atoms with E-state index in [2.05, 4.69) is 10.3 Å². The average Bonchev–Trinajstić information content (AvgIpc) is 2.50. The Bertz CT molecular complexity index is 517. The van der Waals surface area contributed by atoms with E-state index in [1.54, 1.807) is 0 Å². The lowest BCUT2D eigenvalue weighted by molar-refractivity contribution is -0.0105. The molecule has 21 heavy (non-hydrogen) atoms. The highest BCUT2D eigenvalue weighted by molar-refractivity contribution is 5.92. The van der Waals surface area contributed by atoms with E-state index in [-0.39, 0.29) is 23.7 Å². The summed E-state index contributed by atoms with van der Waals surface area (Å²) in [5, 5.41) is 12.1. The minimum Gasteiger partial charge on any atom is -0.396 e. The third-order valence-electron chi connectivity index (χ3n) is 3.66. The zero-order valence-corrected chi connectivity index (χ0v) is 11.6. The fourth-order valence-electron chi connectivity index (χ4n) is 2.19. The Morgan fingerprint density at radius 2 is 2.10 bits per heavy atom. The van der Waals surface area contributed by atoms with E-state index in [1.165, 1.54) is 0 Å². The lowest BCUT2D eigenvalue weighted by Crippen LogP contribution is -2.37. The van der Waals surface area contributed by atoms with E-state index in [4.69, 9.17) is 10.5 Å². The van der Waals surface area contributed by atoms with E-state index in [0.29, 0.717) is 32.6 Å². The first-order valence-corrected chi connectivity index (χ1v) is 6.75. The quantitative estimate of drug-likeness (QED) is 0.581. The van der Waals surface area contributed by atoms with Crippen molar-refractivity contribution in [3.8, 4) is 0 Å². The van der Waals surface area contributed by atoms with Crippen LogP contribution in [0.3, 0.4) is 0 Å². The van der Waals surface area contributed by atoms with Crippen molar-refractivity contribution in [3.05, 3.63) is 29.8 Å². The molecule has 0 spiro atoms. The van der Waals surface area contributed by atoms with Gasteiger partial charge in [0.15, 0.2) is 5.96 Å². The predicted molar refractivity (Wildman–Crippen MR) is 76.0 cm³/mol. The van der Waals surface area contributed by atoms with Crippen LogP contribution in [0.2, 0.25) is 0 Å². The summed E-state index contributed by atoms with van der Waals surface area (Å²) in [5.74, 6) is -1.20. The van der Waals surface area contributed by atoms with Crippen LogP contribution in [0, 0.1) is 17.0 Å². The number of nitrogens with zero attached hydrogens (tertiary/aromatic N) is 1. The third-order valence-corrected chi connectivity index (χ3v) is 3.66. The first-order chi connectivity index (χ1) is 10.0. The maximum Gasteiger partial charge on any atom is 0.193 e. The number of nitrogens with two attached hydrogens (primary N) is 1. The molecule has 0 aromatic heterocycles. The standard InChI is InChI=1S/C14H19F2N3O2/c15-10-1-2-11(16)12(7-10)19-13(17)18-8-14(9-20)3-5-21-6-4-14/h1-2,7,20H,3-6,8-9H2,(H3,17,18,19).